The number of hydrogen-bond acceptors (Lipinski definition) is 1. The van der Waals surface area contributed by atoms with Crippen LogP contribution in [0.1, 0.15) is 37.3 Å². The zero-order valence-corrected chi connectivity index (χ0v) is 10.5. The molecule has 15 heavy (non-hydrogen) atoms. The molecule has 0 bridgehead atoms. The molecule has 1 unspecified atom stereocenters. The molecule has 0 spiro atoms. The Balaban J connectivity index is 2.65. The highest BCUT2D eigenvalue weighted by Gasteiger charge is 2.03. The van der Waals surface area contributed by atoms with Crippen molar-refractivity contribution in [3.05, 3.63) is 35.4 Å². The Morgan fingerprint density at radius 1 is 1.27 bits per heavy atom. The van der Waals surface area contributed by atoms with Crippen LogP contribution in [-0.2, 0) is 6.42 Å². The van der Waals surface area contributed by atoms with Crippen LogP contribution in [0.15, 0.2) is 24.3 Å². The molecule has 0 N–H and O–H groups in total. The van der Waals surface area contributed by atoms with Crippen LogP contribution in [0.25, 0.3) is 0 Å². The van der Waals surface area contributed by atoms with Crippen molar-refractivity contribution in [2.45, 2.75) is 32.6 Å². The lowest BCUT2D eigenvalue weighted by molar-refractivity contribution is 0.413. The van der Waals surface area contributed by atoms with Gasteiger partial charge < -0.3 is 4.90 Å². The smallest absolute Gasteiger partial charge is 0.00157 e. The zero-order chi connectivity index (χ0) is 11.3. The minimum Gasteiger partial charge on any atom is -0.309 e. The van der Waals surface area contributed by atoms with E-state index in [1.807, 2.05) is 0 Å². The normalized spacial score (nSPS) is 13.1. The van der Waals surface area contributed by atoms with Crippen LogP contribution in [0.2, 0.25) is 0 Å². The number of benzene rings is 1. The van der Waals surface area contributed by atoms with Gasteiger partial charge >= 0.3 is 0 Å². The van der Waals surface area contributed by atoms with Gasteiger partial charge in [0.1, 0.15) is 0 Å². The van der Waals surface area contributed by atoms with E-state index in [0.717, 1.165) is 13.0 Å². The lowest BCUT2D eigenvalue weighted by Gasteiger charge is -2.12. The molecular weight excluding hydrogens is 182 g/mol. The summed E-state index contributed by atoms with van der Waals surface area (Å²) in [6.07, 6.45) is 2.37. The minimum atomic E-state index is 0.685. The topological polar surface area (TPSA) is 3.24 Å². The monoisotopic (exact) mass is 205 g/mol. The molecule has 0 amide bonds. The van der Waals surface area contributed by atoms with Gasteiger partial charge in [-0.2, -0.15) is 0 Å². The molecule has 1 nitrogen and oxygen atoms in total. The SMILES string of the molecule is CCC(C)c1cccc(CCN(C)C)c1. The number of nitrogens with zero attached hydrogens (tertiary/aromatic N) is 1. The fourth-order valence-electron chi connectivity index (χ4n) is 1.64. The summed E-state index contributed by atoms with van der Waals surface area (Å²) in [4.78, 5) is 2.23. The molecule has 0 heterocycles. The van der Waals surface area contributed by atoms with Crippen LogP contribution in [0.5, 0.6) is 0 Å². The van der Waals surface area contributed by atoms with Gasteiger partial charge in [0.25, 0.3) is 0 Å². The van der Waals surface area contributed by atoms with E-state index in [4.69, 9.17) is 0 Å². The van der Waals surface area contributed by atoms with Gasteiger partial charge in [0.05, 0.1) is 0 Å². The molecule has 1 heteroatoms. The second-order valence-electron chi connectivity index (χ2n) is 4.61. The highest BCUT2D eigenvalue weighted by atomic mass is 15.0. The quantitative estimate of drug-likeness (QED) is 0.713. The molecule has 1 aromatic carbocycles. The van der Waals surface area contributed by atoms with E-state index in [2.05, 4.69) is 57.1 Å². The fraction of sp³-hybridized carbons (Fsp3) is 0.571. The van der Waals surface area contributed by atoms with Crippen molar-refractivity contribution in [3.8, 4) is 0 Å². The molecule has 0 fully saturated rings. The zero-order valence-electron chi connectivity index (χ0n) is 10.5. The third kappa shape index (κ3) is 4.05. The molecule has 0 aliphatic rings. The summed E-state index contributed by atoms with van der Waals surface area (Å²) >= 11 is 0. The van der Waals surface area contributed by atoms with E-state index in [-0.39, 0.29) is 0 Å². The van der Waals surface area contributed by atoms with Crippen LogP contribution in [0.3, 0.4) is 0 Å². The summed E-state index contributed by atoms with van der Waals surface area (Å²) < 4.78 is 0. The van der Waals surface area contributed by atoms with Gasteiger partial charge in [-0.15, -0.1) is 0 Å². The third-order valence-electron chi connectivity index (χ3n) is 2.98. The Kier molecular flexibility index (Phi) is 4.83. The highest BCUT2D eigenvalue weighted by molar-refractivity contribution is 5.26. The van der Waals surface area contributed by atoms with Crippen molar-refractivity contribution >= 4 is 0 Å². The van der Waals surface area contributed by atoms with Crippen molar-refractivity contribution in [1.82, 2.24) is 4.90 Å². The van der Waals surface area contributed by atoms with Crippen molar-refractivity contribution < 1.29 is 0 Å². The van der Waals surface area contributed by atoms with Crippen molar-refractivity contribution in [3.63, 3.8) is 0 Å². The van der Waals surface area contributed by atoms with Crippen molar-refractivity contribution in [2.75, 3.05) is 20.6 Å². The Morgan fingerprint density at radius 3 is 2.60 bits per heavy atom. The molecule has 0 aromatic heterocycles. The summed E-state index contributed by atoms with van der Waals surface area (Å²) in [6, 6.07) is 9.02. The van der Waals surface area contributed by atoms with Crippen LogP contribution in [0, 0.1) is 0 Å². The fourth-order valence-corrected chi connectivity index (χ4v) is 1.64. The van der Waals surface area contributed by atoms with Gasteiger partial charge in [-0.25, -0.2) is 0 Å². The van der Waals surface area contributed by atoms with Gasteiger partial charge in [0.15, 0.2) is 0 Å². The first kappa shape index (κ1) is 12.3. The Bertz CT molecular complexity index is 291. The summed E-state index contributed by atoms with van der Waals surface area (Å²) in [5, 5.41) is 0. The van der Waals surface area contributed by atoms with Crippen LogP contribution >= 0.6 is 0 Å². The average Bonchev–Trinajstić information content (AvgIpc) is 2.25. The summed E-state index contributed by atoms with van der Waals surface area (Å²) in [5.41, 5.74) is 2.94. The number of likely N-dealkylation sites (N-methyl/N-ethyl adjacent to an activating group) is 1. The second-order valence-corrected chi connectivity index (χ2v) is 4.61. The van der Waals surface area contributed by atoms with Crippen LogP contribution in [-0.4, -0.2) is 25.5 Å². The molecule has 1 aromatic rings. The summed E-state index contributed by atoms with van der Waals surface area (Å²) in [6.45, 7) is 5.67. The first-order valence-electron chi connectivity index (χ1n) is 5.87. The van der Waals surface area contributed by atoms with E-state index in [0.29, 0.717) is 5.92 Å². The largest absolute Gasteiger partial charge is 0.309 e. The summed E-state index contributed by atoms with van der Waals surface area (Å²) in [7, 11) is 4.25. The molecule has 0 saturated carbocycles. The first-order valence-corrected chi connectivity index (χ1v) is 5.87. The van der Waals surface area contributed by atoms with Gasteiger partial charge in [-0.3, -0.25) is 0 Å². The standard InChI is InChI=1S/C14H23N/c1-5-12(2)14-8-6-7-13(11-14)9-10-15(3)4/h6-8,11-12H,5,9-10H2,1-4H3. The van der Waals surface area contributed by atoms with E-state index in [9.17, 15) is 0 Å². The van der Waals surface area contributed by atoms with Gasteiger partial charge in [0.2, 0.25) is 0 Å². The maximum absolute atomic E-state index is 2.36. The molecule has 0 saturated heterocycles. The minimum absolute atomic E-state index is 0.685. The van der Waals surface area contributed by atoms with Crippen molar-refractivity contribution in [2.24, 2.45) is 0 Å². The molecule has 0 radical (unpaired) electrons. The maximum atomic E-state index is 2.36. The molecule has 1 rings (SSSR count). The van der Waals surface area contributed by atoms with E-state index in [1.54, 1.807) is 0 Å². The van der Waals surface area contributed by atoms with Gasteiger partial charge in [0, 0.05) is 6.54 Å². The lowest BCUT2D eigenvalue weighted by Crippen LogP contribution is -2.15. The second kappa shape index (κ2) is 5.92. The molecule has 0 aliphatic heterocycles. The van der Waals surface area contributed by atoms with Crippen molar-refractivity contribution in [1.29, 1.82) is 0 Å². The lowest BCUT2D eigenvalue weighted by atomic mass is 9.96. The van der Waals surface area contributed by atoms with E-state index < -0.39 is 0 Å². The molecule has 0 aliphatic carbocycles. The van der Waals surface area contributed by atoms with Gasteiger partial charge in [-0.1, -0.05) is 38.1 Å². The third-order valence-corrected chi connectivity index (χ3v) is 2.98. The number of hydrogen-bond donors (Lipinski definition) is 0. The Hall–Kier alpha value is -0.820. The number of rotatable bonds is 5. The molecular formula is C14H23N. The molecule has 84 valence electrons. The summed E-state index contributed by atoms with van der Waals surface area (Å²) in [5.74, 6) is 0.685. The Morgan fingerprint density at radius 2 is 2.00 bits per heavy atom. The predicted octanol–water partition coefficient (Wildman–Crippen LogP) is 3.30. The molecule has 1 atom stereocenters. The van der Waals surface area contributed by atoms with E-state index >= 15 is 0 Å². The Labute approximate surface area is 94.1 Å². The van der Waals surface area contributed by atoms with Crippen LogP contribution < -0.4 is 0 Å². The van der Waals surface area contributed by atoms with Gasteiger partial charge in [-0.05, 0) is 44.0 Å². The average molecular weight is 205 g/mol. The first-order chi connectivity index (χ1) is 7.13. The van der Waals surface area contributed by atoms with E-state index in [1.165, 1.54) is 17.5 Å². The van der Waals surface area contributed by atoms with Crippen LogP contribution in [0.4, 0.5) is 0 Å². The highest BCUT2D eigenvalue weighted by Crippen LogP contribution is 2.19. The predicted molar refractivity (Wildman–Crippen MR) is 67.4 cm³/mol. The maximum Gasteiger partial charge on any atom is 0.00157 e.